The molecule has 0 aromatic rings. The third kappa shape index (κ3) is 9.33. The summed E-state index contributed by atoms with van der Waals surface area (Å²) in [5.74, 6) is -0.821. The highest BCUT2D eigenvalue weighted by Gasteiger charge is 2.26. The average Bonchev–Trinajstić information content (AvgIpc) is 2.95. The molecule has 1 aliphatic rings. The molecule has 4 nitrogen and oxygen atoms in total. The van der Waals surface area contributed by atoms with E-state index < -0.39 is 12.1 Å². The van der Waals surface area contributed by atoms with Crippen molar-refractivity contribution in [2.75, 3.05) is 0 Å². The highest BCUT2D eigenvalue weighted by Crippen LogP contribution is 2.27. The standard InChI is InChI=1S/C22H30O4/c1-2-3-4-5-6-8-11-18-14-17-21(24)20(18)16-15-19(23)12-9-7-10-13-22(25)26/h3-4,6-9,14-20,23H,2,5,10-13H2,1H3,(H,25,26)/b4-3-,8-6-,9-7-,16-15+/t18-,19-,20-/m1/s1. The third-order valence-electron chi connectivity index (χ3n) is 4.16. The molecule has 0 aromatic heterocycles. The summed E-state index contributed by atoms with van der Waals surface area (Å²) in [4.78, 5) is 22.4. The number of rotatable bonds is 12. The summed E-state index contributed by atoms with van der Waals surface area (Å²) in [5.41, 5.74) is 0. The molecule has 142 valence electrons. The Bertz CT molecular complexity index is 581. The number of aliphatic carboxylic acids is 1. The van der Waals surface area contributed by atoms with Crippen LogP contribution in [0.1, 0.15) is 45.4 Å². The summed E-state index contributed by atoms with van der Waals surface area (Å²) in [6, 6.07) is 0. The first-order chi connectivity index (χ1) is 12.5. The Hall–Kier alpha value is -2.20. The van der Waals surface area contributed by atoms with Gasteiger partial charge in [0.1, 0.15) is 0 Å². The molecule has 0 aliphatic heterocycles. The SMILES string of the molecule is CC/C=C\C/C=C\C[C@@H]1C=CC(=O)[C@@H]1/C=C/[C@H](O)C/C=C\CCC(=O)O. The Morgan fingerprint density at radius 1 is 1.19 bits per heavy atom. The summed E-state index contributed by atoms with van der Waals surface area (Å²) in [6.45, 7) is 2.10. The van der Waals surface area contributed by atoms with Gasteiger partial charge >= 0.3 is 5.97 Å². The minimum absolute atomic E-state index is 0.0785. The van der Waals surface area contributed by atoms with Crippen LogP contribution >= 0.6 is 0 Å². The molecule has 1 aliphatic carbocycles. The third-order valence-corrected chi connectivity index (χ3v) is 4.16. The summed E-state index contributed by atoms with van der Waals surface area (Å²) in [5, 5.41) is 18.5. The Labute approximate surface area is 156 Å². The van der Waals surface area contributed by atoms with Gasteiger partial charge in [0, 0.05) is 12.3 Å². The van der Waals surface area contributed by atoms with Crippen molar-refractivity contribution in [3.63, 3.8) is 0 Å². The first-order valence-electron chi connectivity index (χ1n) is 9.29. The molecule has 0 saturated carbocycles. The highest BCUT2D eigenvalue weighted by atomic mass is 16.4. The summed E-state index contributed by atoms with van der Waals surface area (Å²) in [7, 11) is 0. The second-order valence-electron chi connectivity index (χ2n) is 6.37. The van der Waals surface area contributed by atoms with Gasteiger partial charge in [-0.15, -0.1) is 0 Å². The molecule has 26 heavy (non-hydrogen) atoms. The molecule has 3 atom stereocenters. The lowest BCUT2D eigenvalue weighted by atomic mass is 9.91. The van der Waals surface area contributed by atoms with E-state index in [9.17, 15) is 14.7 Å². The van der Waals surface area contributed by atoms with Crippen LogP contribution in [0.25, 0.3) is 0 Å². The summed E-state index contributed by atoms with van der Waals surface area (Å²) < 4.78 is 0. The van der Waals surface area contributed by atoms with E-state index in [1.165, 1.54) is 0 Å². The topological polar surface area (TPSA) is 74.6 Å². The zero-order valence-corrected chi connectivity index (χ0v) is 15.5. The van der Waals surface area contributed by atoms with Crippen molar-refractivity contribution < 1.29 is 19.8 Å². The van der Waals surface area contributed by atoms with Gasteiger partial charge in [-0.25, -0.2) is 0 Å². The maximum Gasteiger partial charge on any atom is 0.303 e. The quantitative estimate of drug-likeness (QED) is 0.507. The van der Waals surface area contributed by atoms with Crippen molar-refractivity contribution in [1.82, 2.24) is 0 Å². The van der Waals surface area contributed by atoms with Crippen LogP contribution in [-0.4, -0.2) is 28.1 Å². The van der Waals surface area contributed by atoms with Gasteiger partial charge in [0.15, 0.2) is 5.78 Å². The molecular formula is C22H30O4. The van der Waals surface area contributed by atoms with Crippen LogP contribution in [0.3, 0.4) is 0 Å². The van der Waals surface area contributed by atoms with Crippen molar-refractivity contribution >= 4 is 11.8 Å². The van der Waals surface area contributed by atoms with E-state index in [-0.39, 0.29) is 24.0 Å². The van der Waals surface area contributed by atoms with Crippen LogP contribution < -0.4 is 0 Å². The second-order valence-corrected chi connectivity index (χ2v) is 6.37. The molecule has 0 radical (unpaired) electrons. The molecule has 0 spiro atoms. The number of hydrogen-bond acceptors (Lipinski definition) is 3. The zero-order chi connectivity index (χ0) is 19.2. The molecule has 0 fully saturated rings. The Balaban J connectivity index is 2.41. The minimum Gasteiger partial charge on any atom is -0.481 e. The summed E-state index contributed by atoms with van der Waals surface area (Å²) in [6.07, 6.45) is 22.1. The van der Waals surface area contributed by atoms with Gasteiger partial charge in [-0.05, 0) is 44.1 Å². The molecular weight excluding hydrogens is 328 g/mol. The molecule has 0 heterocycles. The number of hydrogen-bond donors (Lipinski definition) is 2. The monoisotopic (exact) mass is 358 g/mol. The highest BCUT2D eigenvalue weighted by molar-refractivity contribution is 5.95. The molecule has 0 bridgehead atoms. The van der Waals surface area contributed by atoms with Crippen LogP contribution in [0, 0.1) is 11.8 Å². The van der Waals surface area contributed by atoms with Crippen LogP contribution in [0.5, 0.6) is 0 Å². The number of carboxylic acids is 1. The maximum atomic E-state index is 12.0. The number of carbonyl (C=O) groups excluding carboxylic acids is 1. The second kappa shape index (κ2) is 13.1. The lowest BCUT2D eigenvalue weighted by Crippen LogP contribution is -2.14. The first-order valence-corrected chi connectivity index (χ1v) is 9.29. The molecule has 2 N–H and O–H groups in total. The number of ketones is 1. The van der Waals surface area contributed by atoms with Gasteiger partial charge in [0.2, 0.25) is 0 Å². The molecule has 1 rings (SSSR count). The Morgan fingerprint density at radius 3 is 2.69 bits per heavy atom. The van der Waals surface area contributed by atoms with Crippen molar-refractivity contribution in [1.29, 1.82) is 0 Å². The zero-order valence-electron chi connectivity index (χ0n) is 15.5. The van der Waals surface area contributed by atoms with Gasteiger partial charge in [-0.2, -0.15) is 0 Å². The van der Waals surface area contributed by atoms with Crippen molar-refractivity contribution in [2.24, 2.45) is 11.8 Å². The molecule has 4 heteroatoms. The smallest absolute Gasteiger partial charge is 0.303 e. The number of carbonyl (C=O) groups is 2. The van der Waals surface area contributed by atoms with Crippen LogP contribution in [-0.2, 0) is 9.59 Å². The number of aliphatic hydroxyl groups excluding tert-OH is 1. The number of carboxylic acid groups (broad SMARTS) is 1. The normalized spacial score (nSPS) is 21.8. The maximum absolute atomic E-state index is 12.0. The largest absolute Gasteiger partial charge is 0.481 e. The fourth-order valence-electron chi connectivity index (χ4n) is 2.70. The van der Waals surface area contributed by atoms with Crippen molar-refractivity contribution in [3.05, 3.63) is 60.8 Å². The van der Waals surface area contributed by atoms with E-state index in [4.69, 9.17) is 5.11 Å². The molecule has 0 amide bonds. The van der Waals surface area contributed by atoms with E-state index >= 15 is 0 Å². The van der Waals surface area contributed by atoms with E-state index in [1.54, 1.807) is 30.4 Å². The van der Waals surface area contributed by atoms with Crippen LogP contribution in [0.15, 0.2) is 60.8 Å². The predicted octanol–water partition coefficient (Wildman–Crippen LogP) is 4.39. The van der Waals surface area contributed by atoms with E-state index in [1.807, 2.05) is 6.08 Å². The Morgan fingerprint density at radius 2 is 1.96 bits per heavy atom. The number of aliphatic hydroxyl groups is 1. The fraction of sp³-hybridized carbons (Fsp3) is 0.455. The van der Waals surface area contributed by atoms with Gasteiger partial charge < -0.3 is 10.2 Å². The van der Waals surface area contributed by atoms with Crippen molar-refractivity contribution in [2.45, 2.75) is 51.6 Å². The minimum atomic E-state index is -0.830. The van der Waals surface area contributed by atoms with E-state index in [0.717, 1.165) is 19.3 Å². The van der Waals surface area contributed by atoms with Gasteiger partial charge in [-0.3, -0.25) is 9.59 Å². The fourth-order valence-corrected chi connectivity index (χ4v) is 2.70. The first kappa shape index (κ1) is 21.8. The van der Waals surface area contributed by atoms with Gasteiger partial charge in [-0.1, -0.05) is 61.6 Å². The molecule has 0 saturated heterocycles. The molecule has 0 aromatic carbocycles. The molecule has 0 unspecified atom stereocenters. The van der Waals surface area contributed by atoms with E-state index in [2.05, 4.69) is 31.2 Å². The van der Waals surface area contributed by atoms with Gasteiger partial charge in [0.25, 0.3) is 0 Å². The van der Waals surface area contributed by atoms with Gasteiger partial charge in [0.05, 0.1) is 6.10 Å². The predicted molar refractivity (Wildman–Crippen MR) is 105 cm³/mol. The summed E-state index contributed by atoms with van der Waals surface area (Å²) >= 11 is 0. The van der Waals surface area contributed by atoms with E-state index in [0.29, 0.717) is 12.8 Å². The Kier molecular flexibility index (Phi) is 11.0. The lowest BCUT2D eigenvalue weighted by molar-refractivity contribution is -0.136. The van der Waals surface area contributed by atoms with Crippen LogP contribution in [0.2, 0.25) is 0 Å². The number of allylic oxidation sites excluding steroid dienone is 8. The van der Waals surface area contributed by atoms with Crippen LogP contribution in [0.4, 0.5) is 0 Å². The average molecular weight is 358 g/mol. The van der Waals surface area contributed by atoms with Crippen molar-refractivity contribution in [3.8, 4) is 0 Å². The lowest BCUT2D eigenvalue weighted by Gasteiger charge is -2.13.